The minimum Gasteiger partial charge on any atom is -0.497 e. The number of hydrogen-bond acceptors (Lipinski definition) is 4. The van der Waals surface area contributed by atoms with Gasteiger partial charge in [0.05, 0.1) is 31.4 Å². The molecule has 20 heavy (non-hydrogen) atoms. The van der Waals surface area contributed by atoms with Crippen LogP contribution in [0.4, 0.5) is 0 Å². The second-order valence-corrected chi connectivity index (χ2v) is 4.10. The number of nitriles is 1. The van der Waals surface area contributed by atoms with E-state index in [9.17, 15) is 4.79 Å². The summed E-state index contributed by atoms with van der Waals surface area (Å²) in [6, 6.07) is 14.2. The van der Waals surface area contributed by atoms with Crippen LogP contribution in [0.15, 0.2) is 42.5 Å². The first kappa shape index (κ1) is 13.6. The fraction of sp³-hybridized carbons (Fsp3) is 0.125. The molecule has 2 aromatic rings. The van der Waals surface area contributed by atoms with Gasteiger partial charge in [-0.15, -0.1) is 0 Å². The molecule has 0 aliphatic carbocycles. The molecule has 0 amide bonds. The minimum atomic E-state index is -0.438. The molecule has 4 heteroatoms. The Morgan fingerprint density at radius 1 is 1.15 bits per heavy atom. The van der Waals surface area contributed by atoms with E-state index in [0.717, 1.165) is 5.56 Å². The Labute approximate surface area is 117 Å². The number of hydrogen-bond donors (Lipinski definition) is 0. The van der Waals surface area contributed by atoms with Gasteiger partial charge in [0.25, 0.3) is 0 Å². The van der Waals surface area contributed by atoms with Gasteiger partial charge >= 0.3 is 5.97 Å². The second kappa shape index (κ2) is 5.89. The van der Waals surface area contributed by atoms with Gasteiger partial charge in [0.2, 0.25) is 0 Å². The van der Waals surface area contributed by atoms with Crippen molar-refractivity contribution in [1.82, 2.24) is 0 Å². The predicted molar refractivity (Wildman–Crippen MR) is 74.5 cm³/mol. The van der Waals surface area contributed by atoms with Crippen molar-refractivity contribution < 1.29 is 14.3 Å². The molecule has 0 heterocycles. The highest BCUT2D eigenvalue weighted by atomic mass is 16.5. The molecule has 0 aliphatic rings. The van der Waals surface area contributed by atoms with Crippen LogP contribution < -0.4 is 4.74 Å². The van der Waals surface area contributed by atoms with Crippen LogP contribution in [-0.2, 0) is 4.74 Å². The summed E-state index contributed by atoms with van der Waals surface area (Å²) in [5.74, 6) is 0.244. The topological polar surface area (TPSA) is 59.3 Å². The average Bonchev–Trinajstić information content (AvgIpc) is 2.53. The first-order valence-corrected chi connectivity index (χ1v) is 5.96. The lowest BCUT2D eigenvalue weighted by Crippen LogP contribution is -2.04. The van der Waals surface area contributed by atoms with Gasteiger partial charge in [-0.2, -0.15) is 5.26 Å². The number of benzene rings is 2. The monoisotopic (exact) mass is 267 g/mol. The number of ether oxygens (including phenoxy) is 2. The Bertz CT molecular complexity index is 686. The zero-order valence-corrected chi connectivity index (χ0v) is 11.2. The molecule has 0 saturated carbocycles. The lowest BCUT2D eigenvalue weighted by atomic mass is 9.97. The minimum absolute atomic E-state index is 0.416. The highest BCUT2D eigenvalue weighted by Crippen LogP contribution is 2.28. The molecule has 0 saturated heterocycles. The third kappa shape index (κ3) is 2.62. The molecule has 0 aromatic heterocycles. The molecule has 0 aliphatic heterocycles. The van der Waals surface area contributed by atoms with E-state index in [4.69, 9.17) is 14.7 Å². The maximum atomic E-state index is 11.8. The Balaban J connectivity index is 2.63. The number of methoxy groups -OCH3 is 2. The van der Waals surface area contributed by atoms with Gasteiger partial charge in [0.1, 0.15) is 5.75 Å². The summed E-state index contributed by atoms with van der Waals surface area (Å²) in [5, 5.41) is 9.01. The van der Waals surface area contributed by atoms with Crippen molar-refractivity contribution in [2.24, 2.45) is 0 Å². The number of carbonyl (C=O) groups excluding carboxylic acids is 1. The molecule has 0 radical (unpaired) electrons. The van der Waals surface area contributed by atoms with Crippen LogP contribution in [0.2, 0.25) is 0 Å². The molecule has 2 rings (SSSR count). The van der Waals surface area contributed by atoms with Crippen molar-refractivity contribution in [3.63, 3.8) is 0 Å². The highest BCUT2D eigenvalue weighted by molar-refractivity contribution is 5.97. The fourth-order valence-electron chi connectivity index (χ4n) is 1.93. The van der Waals surface area contributed by atoms with Gasteiger partial charge in [0, 0.05) is 0 Å². The van der Waals surface area contributed by atoms with Crippen LogP contribution in [0.1, 0.15) is 15.9 Å². The van der Waals surface area contributed by atoms with Crippen molar-refractivity contribution in [1.29, 1.82) is 5.26 Å². The van der Waals surface area contributed by atoms with Crippen molar-refractivity contribution >= 4 is 5.97 Å². The van der Waals surface area contributed by atoms with E-state index in [-0.39, 0.29) is 0 Å². The van der Waals surface area contributed by atoms with Crippen LogP contribution >= 0.6 is 0 Å². The Morgan fingerprint density at radius 3 is 2.60 bits per heavy atom. The summed E-state index contributed by atoms with van der Waals surface area (Å²) in [6.45, 7) is 0. The zero-order valence-electron chi connectivity index (χ0n) is 11.2. The van der Waals surface area contributed by atoms with Crippen LogP contribution in [0.5, 0.6) is 5.75 Å². The van der Waals surface area contributed by atoms with E-state index in [2.05, 4.69) is 6.07 Å². The predicted octanol–water partition coefficient (Wildman–Crippen LogP) is 3.02. The smallest absolute Gasteiger partial charge is 0.338 e. The molecular weight excluding hydrogens is 254 g/mol. The first-order chi connectivity index (χ1) is 9.69. The fourth-order valence-corrected chi connectivity index (χ4v) is 1.93. The van der Waals surface area contributed by atoms with Crippen molar-refractivity contribution in [3.8, 4) is 22.9 Å². The Morgan fingerprint density at radius 2 is 1.95 bits per heavy atom. The quantitative estimate of drug-likeness (QED) is 0.802. The first-order valence-electron chi connectivity index (χ1n) is 5.96. The zero-order chi connectivity index (χ0) is 14.5. The largest absolute Gasteiger partial charge is 0.497 e. The summed E-state index contributed by atoms with van der Waals surface area (Å²) < 4.78 is 9.95. The number of carbonyl (C=O) groups is 1. The number of esters is 1. The van der Waals surface area contributed by atoms with Crippen molar-refractivity contribution in [2.75, 3.05) is 14.2 Å². The van der Waals surface area contributed by atoms with Gasteiger partial charge in [-0.3, -0.25) is 0 Å². The van der Waals surface area contributed by atoms with Crippen LogP contribution in [0, 0.1) is 11.3 Å². The normalized spacial score (nSPS) is 9.65. The van der Waals surface area contributed by atoms with Crippen LogP contribution in [0.25, 0.3) is 11.1 Å². The molecular formula is C16H13NO3. The lowest BCUT2D eigenvalue weighted by molar-refractivity contribution is 0.0601. The standard InChI is InChI=1S/C16H13NO3/c1-19-13-5-3-4-12(9-13)15-8-11(10-17)6-7-14(15)16(18)20-2/h3-9H,1-2H3. The molecule has 0 fully saturated rings. The summed E-state index contributed by atoms with van der Waals surface area (Å²) >= 11 is 0. The van der Waals surface area contributed by atoms with E-state index >= 15 is 0 Å². The van der Waals surface area contributed by atoms with Crippen LogP contribution in [0.3, 0.4) is 0 Å². The van der Waals surface area contributed by atoms with Gasteiger partial charge in [-0.25, -0.2) is 4.79 Å². The summed E-state index contributed by atoms with van der Waals surface area (Å²) in [5.41, 5.74) is 2.34. The summed E-state index contributed by atoms with van der Waals surface area (Å²) in [6.07, 6.45) is 0. The third-order valence-electron chi connectivity index (χ3n) is 2.93. The molecule has 0 N–H and O–H groups in total. The maximum absolute atomic E-state index is 11.8. The van der Waals surface area contributed by atoms with Gasteiger partial charge < -0.3 is 9.47 Å². The number of rotatable bonds is 3. The Kier molecular flexibility index (Phi) is 4.02. The maximum Gasteiger partial charge on any atom is 0.338 e. The van der Waals surface area contributed by atoms with E-state index in [1.807, 2.05) is 24.3 Å². The van der Waals surface area contributed by atoms with E-state index < -0.39 is 5.97 Å². The highest BCUT2D eigenvalue weighted by Gasteiger charge is 2.14. The molecule has 0 bridgehead atoms. The molecule has 100 valence electrons. The molecule has 0 atom stereocenters. The molecule has 0 unspecified atom stereocenters. The lowest BCUT2D eigenvalue weighted by Gasteiger charge is -2.10. The molecule has 4 nitrogen and oxygen atoms in total. The van der Waals surface area contributed by atoms with Gasteiger partial charge in [-0.05, 0) is 41.5 Å². The van der Waals surface area contributed by atoms with E-state index in [1.54, 1.807) is 25.3 Å². The second-order valence-electron chi connectivity index (χ2n) is 4.10. The average molecular weight is 267 g/mol. The van der Waals surface area contributed by atoms with E-state index in [1.165, 1.54) is 7.11 Å². The Hall–Kier alpha value is -2.80. The third-order valence-corrected chi connectivity index (χ3v) is 2.93. The molecule has 0 spiro atoms. The SMILES string of the molecule is COC(=O)c1ccc(C#N)cc1-c1cccc(OC)c1. The molecule has 2 aromatic carbocycles. The number of nitrogens with zero attached hydrogens (tertiary/aromatic N) is 1. The summed E-state index contributed by atoms with van der Waals surface area (Å²) in [7, 11) is 2.90. The van der Waals surface area contributed by atoms with Crippen LogP contribution in [-0.4, -0.2) is 20.2 Å². The van der Waals surface area contributed by atoms with Gasteiger partial charge in [-0.1, -0.05) is 12.1 Å². The van der Waals surface area contributed by atoms with E-state index in [0.29, 0.717) is 22.4 Å². The van der Waals surface area contributed by atoms with Crippen molar-refractivity contribution in [3.05, 3.63) is 53.6 Å². The summed E-state index contributed by atoms with van der Waals surface area (Å²) in [4.78, 5) is 11.8. The van der Waals surface area contributed by atoms with Crippen molar-refractivity contribution in [2.45, 2.75) is 0 Å². The van der Waals surface area contributed by atoms with Gasteiger partial charge in [0.15, 0.2) is 0 Å².